The minimum absolute atomic E-state index is 0.363. The smallest absolute Gasteiger partial charge is 0.316 e. The number of benzene rings is 2. The second-order valence-electron chi connectivity index (χ2n) is 6.37. The number of aliphatic carboxylic acids is 2. The molecule has 0 amide bonds. The van der Waals surface area contributed by atoms with Gasteiger partial charge in [-0.15, -0.1) is 0 Å². The molecule has 4 atom stereocenters. The second kappa shape index (κ2) is 3.24. The summed E-state index contributed by atoms with van der Waals surface area (Å²) in [6.45, 7) is 0. The van der Waals surface area contributed by atoms with E-state index in [1.165, 1.54) is 0 Å². The van der Waals surface area contributed by atoms with Crippen molar-refractivity contribution in [2.45, 2.75) is 17.3 Å². The van der Waals surface area contributed by atoms with E-state index in [1.807, 2.05) is 36.4 Å². The van der Waals surface area contributed by atoms with Crippen molar-refractivity contribution in [2.24, 2.45) is 5.41 Å². The number of fused-ring (bicyclic) bond motifs is 7. The van der Waals surface area contributed by atoms with Crippen LogP contribution in [0, 0.1) is 5.41 Å². The third-order valence-electron chi connectivity index (χ3n) is 5.92. The first-order valence-electron chi connectivity index (χ1n) is 7.24. The van der Waals surface area contributed by atoms with E-state index in [0.29, 0.717) is 5.56 Å². The highest BCUT2D eigenvalue weighted by molar-refractivity contribution is 6.07. The minimum atomic E-state index is -1.31. The van der Waals surface area contributed by atoms with Gasteiger partial charge in [0.05, 0.1) is 0 Å². The Morgan fingerprint density at radius 1 is 0.818 bits per heavy atom. The van der Waals surface area contributed by atoms with Crippen molar-refractivity contribution in [3.8, 4) is 0 Å². The average molecular weight is 292 g/mol. The molecule has 2 aromatic rings. The summed E-state index contributed by atoms with van der Waals surface area (Å²) < 4.78 is 0. The zero-order valence-electron chi connectivity index (χ0n) is 11.5. The number of rotatable bonds is 2. The highest BCUT2D eigenvalue weighted by atomic mass is 16.4. The van der Waals surface area contributed by atoms with E-state index in [-0.39, 0.29) is 5.92 Å². The zero-order chi connectivity index (χ0) is 15.3. The van der Waals surface area contributed by atoms with Crippen LogP contribution in [0.5, 0.6) is 0 Å². The molecule has 2 unspecified atom stereocenters. The van der Waals surface area contributed by atoms with E-state index in [4.69, 9.17) is 0 Å². The van der Waals surface area contributed by atoms with Crippen molar-refractivity contribution in [1.82, 2.24) is 0 Å². The van der Waals surface area contributed by atoms with Gasteiger partial charge in [-0.2, -0.15) is 0 Å². The summed E-state index contributed by atoms with van der Waals surface area (Å²) in [5.41, 5.74) is 0.815. The SMILES string of the molecule is O=C(O)[C@]12C3c4ccccc4C1[C@@]2(C(=O)O)c1ccccc13. The van der Waals surface area contributed by atoms with E-state index >= 15 is 0 Å². The molecular formula is C18H12O4. The van der Waals surface area contributed by atoms with E-state index in [1.54, 1.807) is 12.1 Å². The second-order valence-corrected chi connectivity index (χ2v) is 6.37. The van der Waals surface area contributed by atoms with E-state index in [9.17, 15) is 19.8 Å². The molecule has 0 bridgehead atoms. The lowest BCUT2D eigenvalue weighted by molar-refractivity contribution is -0.150. The molecule has 0 heterocycles. The fourth-order valence-electron chi connectivity index (χ4n) is 5.38. The summed E-state index contributed by atoms with van der Waals surface area (Å²) in [7, 11) is 0. The summed E-state index contributed by atoms with van der Waals surface area (Å²) in [6, 6.07) is 14.9. The lowest BCUT2D eigenvalue weighted by Gasteiger charge is -2.18. The van der Waals surface area contributed by atoms with Crippen LogP contribution in [0.3, 0.4) is 0 Å². The predicted molar refractivity (Wildman–Crippen MR) is 76.9 cm³/mol. The molecule has 108 valence electrons. The fraction of sp³-hybridized carbons (Fsp3) is 0.222. The minimum Gasteiger partial charge on any atom is -0.481 e. The maximum Gasteiger partial charge on any atom is 0.316 e. The van der Waals surface area contributed by atoms with Crippen molar-refractivity contribution in [3.63, 3.8) is 0 Å². The van der Waals surface area contributed by atoms with Gasteiger partial charge in [-0.05, 0) is 22.3 Å². The molecule has 0 saturated heterocycles. The summed E-state index contributed by atoms with van der Waals surface area (Å²) in [6.07, 6.45) is 0. The number of hydrogen-bond donors (Lipinski definition) is 2. The molecule has 2 N–H and O–H groups in total. The third kappa shape index (κ3) is 0.843. The molecule has 1 fully saturated rings. The molecule has 0 aromatic heterocycles. The maximum absolute atomic E-state index is 12.2. The van der Waals surface area contributed by atoms with Crippen LogP contribution in [0.1, 0.15) is 34.1 Å². The Morgan fingerprint density at radius 2 is 1.41 bits per heavy atom. The van der Waals surface area contributed by atoms with Gasteiger partial charge in [0.25, 0.3) is 0 Å². The Hall–Kier alpha value is -2.62. The number of hydrogen-bond acceptors (Lipinski definition) is 2. The molecule has 3 aliphatic carbocycles. The molecule has 4 heteroatoms. The molecule has 5 rings (SSSR count). The third-order valence-corrected chi connectivity index (χ3v) is 5.92. The van der Waals surface area contributed by atoms with Gasteiger partial charge in [0.15, 0.2) is 0 Å². The Kier molecular flexibility index (Phi) is 1.77. The topological polar surface area (TPSA) is 74.6 Å². The molecular weight excluding hydrogens is 280 g/mol. The van der Waals surface area contributed by atoms with Crippen LogP contribution in [0.25, 0.3) is 0 Å². The van der Waals surface area contributed by atoms with Gasteiger partial charge in [0.1, 0.15) is 10.8 Å². The molecule has 3 aliphatic rings. The van der Waals surface area contributed by atoms with Gasteiger partial charge in [0.2, 0.25) is 0 Å². The molecule has 0 spiro atoms. The quantitative estimate of drug-likeness (QED) is 0.891. The molecule has 0 radical (unpaired) electrons. The van der Waals surface area contributed by atoms with Crippen LogP contribution < -0.4 is 0 Å². The van der Waals surface area contributed by atoms with Crippen LogP contribution in [-0.4, -0.2) is 22.2 Å². The normalized spacial score (nSPS) is 35.5. The van der Waals surface area contributed by atoms with Crippen LogP contribution in [-0.2, 0) is 15.0 Å². The van der Waals surface area contributed by atoms with Crippen LogP contribution in [0.2, 0.25) is 0 Å². The van der Waals surface area contributed by atoms with Crippen molar-refractivity contribution in [3.05, 3.63) is 70.8 Å². The first-order chi connectivity index (χ1) is 10.6. The van der Waals surface area contributed by atoms with Crippen molar-refractivity contribution < 1.29 is 19.8 Å². The first kappa shape index (κ1) is 12.0. The summed E-state index contributed by atoms with van der Waals surface area (Å²) in [4.78, 5) is 24.4. The van der Waals surface area contributed by atoms with Gasteiger partial charge >= 0.3 is 11.9 Å². The van der Waals surface area contributed by atoms with E-state index in [0.717, 1.165) is 16.7 Å². The first-order valence-corrected chi connectivity index (χ1v) is 7.24. The lowest BCUT2D eigenvalue weighted by Crippen LogP contribution is -2.32. The van der Waals surface area contributed by atoms with Gasteiger partial charge in [0, 0.05) is 11.8 Å². The Balaban J connectivity index is 1.95. The van der Waals surface area contributed by atoms with Gasteiger partial charge in [-0.3, -0.25) is 9.59 Å². The number of carbonyl (C=O) groups is 2. The molecule has 0 aliphatic heterocycles. The van der Waals surface area contributed by atoms with Crippen LogP contribution >= 0.6 is 0 Å². The predicted octanol–water partition coefficient (Wildman–Crippen LogP) is 2.34. The average Bonchev–Trinajstić information content (AvgIpc) is 2.95. The Bertz CT molecular complexity index is 886. The molecule has 2 aromatic carbocycles. The lowest BCUT2D eigenvalue weighted by atomic mass is 9.82. The molecule has 1 saturated carbocycles. The van der Waals surface area contributed by atoms with Gasteiger partial charge < -0.3 is 10.2 Å². The number of carboxylic acid groups (broad SMARTS) is 2. The Labute approximate surface area is 126 Å². The molecule has 4 nitrogen and oxygen atoms in total. The van der Waals surface area contributed by atoms with Crippen molar-refractivity contribution in [2.75, 3.05) is 0 Å². The summed E-state index contributed by atoms with van der Waals surface area (Å²) in [5, 5.41) is 19.9. The highest BCUT2D eigenvalue weighted by Crippen LogP contribution is 2.89. The van der Waals surface area contributed by atoms with Gasteiger partial charge in [-0.1, -0.05) is 48.5 Å². The number of carboxylic acids is 2. The molecule has 22 heavy (non-hydrogen) atoms. The summed E-state index contributed by atoms with van der Waals surface area (Å²) in [5.74, 6) is -2.86. The van der Waals surface area contributed by atoms with Crippen molar-refractivity contribution in [1.29, 1.82) is 0 Å². The summed E-state index contributed by atoms with van der Waals surface area (Å²) >= 11 is 0. The largest absolute Gasteiger partial charge is 0.481 e. The zero-order valence-corrected chi connectivity index (χ0v) is 11.5. The Morgan fingerprint density at radius 3 is 2.05 bits per heavy atom. The standard InChI is InChI=1S/C18H12O4/c19-15(20)17-12-8-4-3-7-11(12)13-9-5-1-2-6-10(9)14(17)18(13,17)16(21)22/h1-8,13-14H,(H,19,20)(H,21,22)/t13?,14?,17-,18+/m1/s1. The van der Waals surface area contributed by atoms with E-state index in [2.05, 4.69) is 0 Å². The van der Waals surface area contributed by atoms with Crippen LogP contribution in [0.4, 0.5) is 0 Å². The van der Waals surface area contributed by atoms with E-state index < -0.39 is 28.7 Å². The monoisotopic (exact) mass is 292 g/mol. The van der Waals surface area contributed by atoms with Crippen LogP contribution in [0.15, 0.2) is 48.5 Å². The fourth-order valence-corrected chi connectivity index (χ4v) is 5.38. The van der Waals surface area contributed by atoms with Gasteiger partial charge in [-0.25, -0.2) is 0 Å². The van der Waals surface area contributed by atoms with Crippen molar-refractivity contribution >= 4 is 11.9 Å². The maximum atomic E-state index is 12.2. The highest BCUT2D eigenvalue weighted by Gasteiger charge is 2.94.